The third kappa shape index (κ3) is 4.15. The Morgan fingerprint density at radius 2 is 1.85 bits per heavy atom. The fourth-order valence-corrected chi connectivity index (χ4v) is 3.69. The van der Waals surface area contributed by atoms with E-state index >= 15 is 0 Å². The Kier molecular flexibility index (Phi) is 5.76. The van der Waals surface area contributed by atoms with Gasteiger partial charge in [-0.3, -0.25) is 4.79 Å². The number of imidazole rings is 1. The number of amides is 1. The van der Waals surface area contributed by atoms with Gasteiger partial charge in [0.25, 0.3) is 5.91 Å². The predicted molar refractivity (Wildman–Crippen MR) is 105 cm³/mol. The number of carbonyl (C=O) groups is 1. The van der Waals surface area contributed by atoms with Crippen molar-refractivity contribution in [2.75, 3.05) is 12.4 Å². The Morgan fingerprint density at radius 1 is 1.19 bits per heavy atom. The Bertz CT molecular complexity index is 919. The fraction of sp³-hybridized carbons (Fsp3) is 0.111. The number of rotatable bonds is 5. The van der Waals surface area contributed by atoms with Gasteiger partial charge in [0.2, 0.25) is 0 Å². The lowest BCUT2D eigenvalue weighted by Gasteiger charge is -2.10. The van der Waals surface area contributed by atoms with E-state index in [1.54, 1.807) is 18.0 Å². The Hall–Kier alpha value is -2.15. The molecule has 3 rings (SSSR count). The van der Waals surface area contributed by atoms with Gasteiger partial charge >= 0.3 is 0 Å². The number of anilines is 1. The SMILES string of the molecule is COc1c(Cl)cc(C(=O)Nc2ccc(Sc3nccn3C)cc2)cc1Cl. The molecule has 0 atom stereocenters. The molecule has 0 saturated heterocycles. The summed E-state index contributed by atoms with van der Waals surface area (Å²) in [4.78, 5) is 17.7. The molecule has 5 nitrogen and oxygen atoms in total. The molecule has 0 fully saturated rings. The minimum absolute atomic E-state index is 0.284. The molecule has 0 unspecified atom stereocenters. The Labute approximate surface area is 165 Å². The highest BCUT2D eigenvalue weighted by atomic mass is 35.5. The summed E-state index contributed by atoms with van der Waals surface area (Å²) in [5.74, 6) is 0.0431. The maximum absolute atomic E-state index is 12.4. The first kappa shape index (κ1) is 18.6. The largest absolute Gasteiger partial charge is 0.494 e. The number of carbonyl (C=O) groups excluding carboxylic acids is 1. The second-order valence-electron chi connectivity index (χ2n) is 5.37. The molecule has 0 bridgehead atoms. The molecular weight excluding hydrogens is 393 g/mol. The molecule has 2 aromatic carbocycles. The van der Waals surface area contributed by atoms with E-state index in [1.165, 1.54) is 19.2 Å². The van der Waals surface area contributed by atoms with Gasteiger partial charge in [-0.2, -0.15) is 0 Å². The van der Waals surface area contributed by atoms with E-state index in [0.29, 0.717) is 17.0 Å². The van der Waals surface area contributed by atoms with Crippen LogP contribution in [0.5, 0.6) is 5.75 Å². The van der Waals surface area contributed by atoms with Crippen molar-refractivity contribution in [3.8, 4) is 5.75 Å². The molecule has 8 heteroatoms. The van der Waals surface area contributed by atoms with Crippen molar-refractivity contribution in [3.63, 3.8) is 0 Å². The van der Waals surface area contributed by atoms with Gasteiger partial charge in [0.15, 0.2) is 10.9 Å². The highest BCUT2D eigenvalue weighted by Crippen LogP contribution is 2.34. The molecule has 0 aliphatic heterocycles. The summed E-state index contributed by atoms with van der Waals surface area (Å²) in [5.41, 5.74) is 1.02. The van der Waals surface area contributed by atoms with Crippen molar-refractivity contribution >= 4 is 46.6 Å². The lowest BCUT2D eigenvalue weighted by Crippen LogP contribution is -2.12. The van der Waals surface area contributed by atoms with E-state index in [1.807, 2.05) is 42.1 Å². The molecule has 0 aliphatic rings. The minimum atomic E-state index is -0.305. The van der Waals surface area contributed by atoms with Crippen molar-refractivity contribution in [1.29, 1.82) is 0 Å². The van der Waals surface area contributed by atoms with E-state index in [4.69, 9.17) is 27.9 Å². The maximum Gasteiger partial charge on any atom is 0.255 e. The quantitative estimate of drug-likeness (QED) is 0.635. The number of halogens is 2. The number of hydrogen-bond acceptors (Lipinski definition) is 4. The van der Waals surface area contributed by atoms with Gasteiger partial charge in [-0.15, -0.1) is 0 Å². The van der Waals surface area contributed by atoms with Crippen molar-refractivity contribution in [1.82, 2.24) is 9.55 Å². The summed E-state index contributed by atoms with van der Waals surface area (Å²) < 4.78 is 7.03. The molecule has 0 spiro atoms. The molecule has 1 heterocycles. The van der Waals surface area contributed by atoms with Crippen molar-refractivity contribution in [3.05, 3.63) is 64.4 Å². The average Bonchev–Trinajstić information content (AvgIpc) is 3.01. The van der Waals surface area contributed by atoms with Crippen LogP contribution in [0.3, 0.4) is 0 Å². The summed E-state index contributed by atoms with van der Waals surface area (Å²) in [6.45, 7) is 0. The van der Waals surface area contributed by atoms with Crippen LogP contribution in [0.1, 0.15) is 10.4 Å². The summed E-state index contributed by atoms with van der Waals surface area (Å²) >= 11 is 13.7. The zero-order valence-electron chi connectivity index (χ0n) is 14.0. The first-order valence-corrected chi connectivity index (χ1v) is 9.15. The number of hydrogen-bond donors (Lipinski definition) is 1. The van der Waals surface area contributed by atoms with Crippen LogP contribution in [0.15, 0.2) is 58.8 Å². The van der Waals surface area contributed by atoms with Gasteiger partial charge < -0.3 is 14.6 Å². The molecule has 0 aliphatic carbocycles. The predicted octanol–water partition coefficient (Wildman–Crippen LogP) is 5.14. The van der Waals surface area contributed by atoms with E-state index < -0.39 is 0 Å². The van der Waals surface area contributed by atoms with Crippen LogP contribution in [0.4, 0.5) is 5.69 Å². The number of methoxy groups -OCH3 is 1. The molecule has 26 heavy (non-hydrogen) atoms. The molecular formula is C18H15Cl2N3O2S. The van der Waals surface area contributed by atoms with Gasteiger partial charge in [0.1, 0.15) is 0 Å². The minimum Gasteiger partial charge on any atom is -0.494 e. The van der Waals surface area contributed by atoms with E-state index in [9.17, 15) is 4.79 Å². The molecule has 1 aromatic heterocycles. The average molecular weight is 408 g/mol. The van der Waals surface area contributed by atoms with Crippen molar-refractivity contribution in [2.24, 2.45) is 7.05 Å². The number of benzene rings is 2. The smallest absolute Gasteiger partial charge is 0.255 e. The second-order valence-corrected chi connectivity index (χ2v) is 7.23. The molecule has 0 saturated carbocycles. The fourth-order valence-electron chi connectivity index (χ4n) is 2.25. The second kappa shape index (κ2) is 8.03. The van der Waals surface area contributed by atoms with Gasteiger partial charge in [-0.05, 0) is 36.4 Å². The van der Waals surface area contributed by atoms with Crippen LogP contribution >= 0.6 is 35.0 Å². The summed E-state index contributed by atoms with van der Waals surface area (Å²) in [7, 11) is 3.41. The lowest BCUT2D eigenvalue weighted by molar-refractivity contribution is 0.102. The highest BCUT2D eigenvalue weighted by Gasteiger charge is 2.14. The monoisotopic (exact) mass is 407 g/mol. The zero-order valence-corrected chi connectivity index (χ0v) is 16.3. The molecule has 1 N–H and O–H groups in total. The third-order valence-corrected chi connectivity index (χ3v) is 5.21. The maximum atomic E-state index is 12.4. The third-order valence-electron chi connectivity index (χ3n) is 3.56. The van der Waals surface area contributed by atoms with Crippen LogP contribution in [-0.2, 0) is 7.05 Å². The zero-order chi connectivity index (χ0) is 18.7. The Morgan fingerprint density at radius 3 is 2.38 bits per heavy atom. The van der Waals surface area contributed by atoms with E-state index in [2.05, 4.69) is 10.3 Å². The van der Waals surface area contributed by atoms with Crippen molar-refractivity contribution in [2.45, 2.75) is 10.1 Å². The number of ether oxygens (including phenoxy) is 1. The van der Waals surface area contributed by atoms with Gasteiger partial charge in [0.05, 0.1) is 17.2 Å². The lowest BCUT2D eigenvalue weighted by atomic mass is 10.2. The molecule has 1 amide bonds. The summed E-state index contributed by atoms with van der Waals surface area (Å²) in [5, 5.41) is 4.28. The van der Waals surface area contributed by atoms with Crippen LogP contribution in [0, 0.1) is 0 Å². The van der Waals surface area contributed by atoms with Gasteiger partial charge in [-0.25, -0.2) is 4.98 Å². The standard InChI is InChI=1S/C18H15Cl2N3O2S/c1-23-8-7-21-18(23)26-13-5-3-12(4-6-13)22-17(24)11-9-14(19)16(25-2)15(20)10-11/h3-10H,1-2H3,(H,22,24). The highest BCUT2D eigenvalue weighted by molar-refractivity contribution is 7.99. The molecule has 0 radical (unpaired) electrons. The van der Waals surface area contributed by atoms with Crippen LogP contribution in [0.25, 0.3) is 0 Å². The van der Waals surface area contributed by atoms with Crippen LogP contribution in [0.2, 0.25) is 10.0 Å². The normalized spacial score (nSPS) is 10.6. The van der Waals surface area contributed by atoms with E-state index in [-0.39, 0.29) is 16.0 Å². The van der Waals surface area contributed by atoms with Crippen LogP contribution < -0.4 is 10.1 Å². The first-order chi connectivity index (χ1) is 12.5. The number of nitrogens with zero attached hydrogens (tertiary/aromatic N) is 2. The Balaban J connectivity index is 1.71. The van der Waals surface area contributed by atoms with Crippen molar-refractivity contribution < 1.29 is 9.53 Å². The topological polar surface area (TPSA) is 56.1 Å². The summed E-state index contributed by atoms with van der Waals surface area (Å²) in [6, 6.07) is 10.5. The first-order valence-electron chi connectivity index (χ1n) is 7.57. The number of aromatic nitrogens is 2. The van der Waals surface area contributed by atoms with Crippen LogP contribution in [-0.4, -0.2) is 22.6 Å². The van der Waals surface area contributed by atoms with E-state index in [0.717, 1.165) is 10.1 Å². The number of aryl methyl sites for hydroxylation is 1. The number of nitrogens with one attached hydrogen (secondary N) is 1. The van der Waals surface area contributed by atoms with Gasteiger partial charge in [-0.1, -0.05) is 35.0 Å². The van der Waals surface area contributed by atoms with Gasteiger partial charge in [0, 0.05) is 35.6 Å². The molecule has 134 valence electrons. The molecule has 3 aromatic rings. The summed E-state index contributed by atoms with van der Waals surface area (Å²) in [6.07, 6.45) is 3.64.